The summed E-state index contributed by atoms with van der Waals surface area (Å²) in [7, 11) is 1.78. The van der Waals surface area contributed by atoms with E-state index in [4.69, 9.17) is 9.15 Å². The number of carbonyl (C=O) groups excluding carboxylic acids is 2. The molecule has 0 aliphatic carbocycles. The molecule has 128 valence electrons. The van der Waals surface area contributed by atoms with E-state index in [1.807, 2.05) is 6.07 Å². The van der Waals surface area contributed by atoms with Crippen molar-refractivity contribution in [1.29, 1.82) is 0 Å². The zero-order chi connectivity index (χ0) is 17.1. The molecule has 7 heteroatoms. The van der Waals surface area contributed by atoms with Crippen LogP contribution >= 0.6 is 0 Å². The number of aryl methyl sites for hydroxylation is 1. The lowest BCUT2D eigenvalue weighted by molar-refractivity contribution is -0.149. The molecule has 3 rings (SSSR count). The highest BCUT2D eigenvalue weighted by atomic mass is 16.5. The number of nitrogens with zero attached hydrogens (tertiary/aromatic N) is 3. The predicted molar refractivity (Wildman–Crippen MR) is 86.2 cm³/mol. The van der Waals surface area contributed by atoms with Crippen molar-refractivity contribution in [2.24, 2.45) is 13.0 Å². The molecule has 2 aromatic heterocycles. The molecule has 0 bridgehead atoms. The van der Waals surface area contributed by atoms with Crippen molar-refractivity contribution >= 4 is 11.9 Å². The molecular formula is C17H21N3O4. The highest BCUT2D eigenvalue weighted by molar-refractivity contribution is 5.93. The zero-order valence-corrected chi connectivity index (χ0v) is 13.9. The van der Waals surface area contributed by atoms with Crippen molar-refractivity contribution in [3.63, 3.8) is 0 Å². The number of amides is 1. The van der Waals surface area contributed by atoms with Gasteiger partial charge in [-0.3, -0.25) is 14.3 Å². The Morgan fingerprint density at radius 2 is 2.12 bits per heavy atom. The number of piperidine rings is 1. The van der Waals surface area contributed by atoms with Gasteiger partial charge in [0, 0.05) is 26.2 Å². The van der Waals surface area contributed by atoms with E-state index in [9.17, 15) is 9.59 Å². The molecule has 0 N–H and O–H groups in total. The number of aromatic nitrogens is 2. The van der Waals surface area contributed by atoms with Gasteiger partial charge in [-0.1, -0.05) is 0 Å². The van der Waals surface area contributed by atoms with Gasteiger partial charge in [0.15, 0.2) is 11.5 Å². The monoisotopic (exact) mass is 331 g/mol. The lowest BCUT2D eigenvalue weighted by Crippen LogP contribution is -2.40. The third-order valence-corrected chi connectivity index (χ3v) is 4.27. The SMILES string of the molecule is CCOC(=O)C1CCN(C(=O)c2cc(-c3ccco3)n(C)n2)CC1. The molecule has 1 fully saturated rings. The van der Waals surface area contributed by atoms with Crippen LogP contribution in [0.2, 0.25) is 0 Å². The van der Waals surface area contributed by atoms with Gasteiger partial charge in [-0.25, -0.2) is 0 Å². The molecule has 7 nitrogen and oxygen atoms in total. The first-order chi connectivity index (χ1) is 11.6. The minimum atomic E-state index is -0.164. The second-order valence-corrected chi connectivity index (χ2v) is 5.83. The van der Waals surface area contributed by atoms with Gasteiger partial charge in [-0.2, -0.15) is 5.10 Å². The van der Waals surface area contributed by atoms with E-state index in [0.717, 1.165) is 5.69 Å². The Morgan fingerprint density at radius 1 is 1.38 bits per heavy atom. The number of esters is 1. The van der Waals surface area contributed by atoms with E-state index >= 15 is 0 Å². The van der Waals surface area contributed by atoms with E-state index in [1.54, 1.807) is 41.9 Å². The molecule has 1 amide bonds. The second kappa shape index (κ2) is 6.90. The number of rotatable bonds is 4. The minimum absolute atomic E-state index is 0.114. The van der Waals surface area contributed by atoms with Crippen molar-refractivity contribution < 1.29 is 18.7 Å². The molecule has 24 heavy (non-hydrogen) atoms. The molecule has 0 aromatic carbocycles. The van der Waals surface area contributed by atoms with E-state index in [0.29, 0.717) is 44.0 Å². The zero-order valence-electron chi connectivity index (χ0n) is 13.9. The van der Waals surface area contributed by atoms with E-state index in [2.05, 4.69) is 5.10 Å². The summed E-state index contributed by atoms with van der Waals surface area (Å²) >= 11 is 0. The maximum absolute atomic E-state index is 12.6. The van der Waals surface area contributed by atoms with Crippen LogP contribution in [-0.4, -0.2) is 46.3 Å². The van der Waals surface area contributed by atoms with E-state index in [1.165, 1.54) is 0 Å². The molecule has 0 spiro atoms. The maximum Gasteiger partial charge on any atom is 0.309 e. The molecule has 0 unspecified atom stereocenters. The Labute approximate surface area is 140 Å². The summed E-state index contributed by atoms with van der Waals surface area (Å²) in [6.07, 6.45) is 2.84. The normalized spacial score (nSPS) is 15.5. The molecule has 0 radical (unpaired) electrons. The molecule has 1 aliphatic heterocycles. The van der Waals surface area contributed by atoms with E-state index in [-0.39, 0.29) is 17.8 Å². The summed E-state index contributed by atoms with van der Waals surface area (Å²) in [5.74, 6) is 0.273. The quantitative estimate of drug-likeness (QED) is 0.802. The van der Waals surface area contributed by atoms with Crippen LogP contribution in [0.4, 0.5) is 0 Å². The fourth-order valence-corrected chi connectivity index (χ4v) is 2.97. The maximum atomic E-state index is 12.6. The van der Waals surface area contributed by atoms with Gasteiger partial charge in [0.2, 0.25) is 0 Å². The summed E-state index contributed by atoms with van der Waals surface area (Å²) in [6, 6.07) is 5.36. The van der Waals surface area contributed by atoms with Crippen molar-refractivity contribution in [2.75, 3.05) is 19.7 Å². The number of hydrogen-bond donors (Lipinski definition) is 0. The Kier molecular flexibility index (Phi) is 4.69. The highest BCUT2D eigenvalue weighted by Crippen LogP contribution is 2.23. The van der Waals surface area contributed by atoms with Gasteiger partial charge < -0.3 is 14.1 Å². The van der Waals surface area contributed by atoms with Crippen LogP contribution < -0.4 is 0 Å². The van der Waals surface area contributed by atoms with Crippen molar-refractivity contribution in [3.05, 3.63) is 30.2 Å². The minimum Gasteiger partial charge on any atom is -0.466 e. The number of hydrogen-bond acceptors (Lipinski definition) is 5. The lowest BCUT2D eigenvalue weighted by Gasteiger charge is -2.30. The Balaban J connectivity index is 1.66. The number of ether oxygens (including phenoxy) is 1. The standard InChI is InChI=1S/C17H21N3O4/c1-3-23-17(22)12-6-8-20(9-7-12)16(21)13-11-14(19(2)18-13)15-5-4-10-24-15/h4-5,10-12H,3,6-9H2,1-2H3. The largest absolute Gasteiger partial charge is 0.466 e. The van der Waals surface area contributed by atoms with Crippen LogP contribution in [0.1, 0.15) is 30.3 Å². The molecule has 1 saturated heterocycles. The van der Waals surface area contributed by atoms with Gasteiger partial charge in [0.05, 0.1) is 18.8 Å². The van der Waals surface area contributed by atoms with Gasteiger partial charge in [-0.05, 0) is 31.9 Å². The predicted octanol–water partition coefficient (Wildman–Crippen LogP) is 2.10. The van der Waals surface area contributed by atoms with Crippen molar-refractivity contribution in [2.45, 2.75) is 19.8 Å². The fraction of sp³-hybridized carbons (Fsp3) is 0.471. The third kappa shape index (κ3) is 3.20. The fourth-order valence-electron chi connectivity index (χ4n) is 2.97. The summed E-state index contributed by atoms with van der Waals surface area (Å²) in [5.41, 5.74) is 1.14. The van der Waals surface area contributed by atoms with Gasteiger partial charge >= 0.3 is 5.97 Å². The Hall–Kier alpha value is -2.57. The van der Waals surface area contributed by atoms with Gasteiger partial charge in [0.25, 0.3) is 5.91 Å². The van der Waals surface area contributed by atoms with Gasteiger partial charge in [0.1, 0.15) is 5.69 Å². The average molecular weight is 331 g/mol. The van der Waals surface area contributed by atoms with Crippen LogP contribution in [0.15, 0.2) is 28.9 Å². The first-order valence-corrected chi connectivity index (χ1v) is 8.14. The number of likely N-dealkylation sites (tertiary alicyclic amines) is 1. The topological polar surface area (TPSA) is 77.6 Å². The highest BCUT2D eigenvalue weighted by Gasteiger charge is 2.29. The summed E-state index contributed by atoms with van der Waals surface area (Å²) in [5, 5.41) is 4.30. The summed E-state index contributed by atoms with van der Waals surface area (Å²) < 4.78 is 12.1. The van der Waals surface area contributed by atoms with Crippen LogP contribution in [-0.2, 0) is 16.6 Å². The number of carbonyl (C=O) groups is 2. The number of furan rings is 1. The van der Waals surface area contributed by atoms with Crippen LogP contribution in [0.25, 0.3) is 11.5 Å². The molecule has 0 atom stereocenters. The first-order valence-electron chi connectivity index (χ1n) is 8.14. The molecule has 0 saturated carbocycles. The summed E-state index contributed by atoms with van der Waals surface area (Å²) in [6.45, 7) is 3.26. The first kappa shape index (κ1) is 16.3. The summed E-state index contributed by atoms with van der Waals surface area (Å²) in [4.78, 5) is 26.2. The van der Waals surface area contributed by atoms with E-state index < -0.39 is 0 Å². The smallest absolute Gasteiger partial charge is 0.309 e. The molecular weight excluding hydrogens is 310 g/mol. The average Bonchev–Trinajstić information content (AvgIpc) is 3.24. The van der Waals surface area contributed by atoms with Crippen molar-refractivity contribution in [3.8, 4) is 11.5 Å². The molecule has 3 heterocycles. The van der Waals surface area contributed by atoms with Crippen molar-refractivity contribution in [1.82, 2.24) is 14.7 Å². The van der Waals surface area contributed by atoms with Crippen LogP contribution in [0, 0.1) is 5.92 Å². The van der Waals surface area contributed by atoms with Gasteiger partial charge in [-0.15, -0.1) is 0 Å². The molecule has 1 aliphatic rings. The Bertz CT molecular complexity index is 712. The molecule has 2 aromatic rings. The van der Waals surface area contributed by atoms with Crippen LogP contribution in [0.3, 0.4) is 0 Å². The second-order valence-electron chi connectivity index (χ2n) is 5.83. The van der Waals surface area contributed by atoms with Crippen LogP contribution in [0.5, 0.6) is 0 Å². The third-order valence-electron chi connectivity index (χ3n) is 4.27. The lowest BCUT2D eigenvalue weighted by atomic mass is 9.97. The Morgan fingerprint density at radius 3 is 2.75 bits per heavy atom.